The van der Waals surface area contributed by atoms with E-state index in [1.807, 2.05) is 18.2 Å². The molecule has 8 nitrogen and oxygen atoms in total. The van der Waals surface area contributed by atoms with E-state index in [4.69, 9.17) is 18.6 Å². The molecule has 1 aromatic heterocycles. The van der Waals surface area contributed by atoms with Gasteiger partial charge in [-0.3, -0.25) is 14.4 Å². The number of fused-ring (bicyclic) bond motifs is 1. The summed E-state index contributed by atoms with van der Waals surface area (Å²) in [6.07, 6.45) is -0.274. The van der Waals surface area contributed by atoms with Crippen LogP contribution in [-0.4, -0.2) is 48.5 Å². The third kappa shape index (κ3) is 6.49. The molecular weight excluding hydrogens is 398 g/mol. The molecule has 1 heterocycles. The van der Waals surface area contributed by atoms with E-state index in [0.717, 1.165) is 0 Å². The Bertz CT molecular complexity index is 802. The molecule has 0 amide bonds. The van der Waals surface area contributed by atoms with Crippen LogP contribution >= 0.6 is 11.8 Å². The van der Waals surface area contributed by atoms with Crippen molar-refractivity contribution >= 4 is 40.8 Å². The maximum atomic E-state index is 12.6. The van der Waals surface area contributed by atoms with Gasteiger partial charge in [-0.05, 0) is 32.9 Å². The van der Waals surface area contributed by atoms with Crippen LogP contribution in [0.5, 0.6) is 0 Å². The Morgan fingerprint density at radius 1 is 0.966 bits per heavy atom. The lowest BCUT2D eigenvalue weighted by Gasteiger charge is -2.22. The second-order valence-corrected chi connectivity index (χ2v) is 6.96. The minimum absolute atomic E-state index is 0.131. The van der Waals surface area contributed by atoms with Crippen LogP contribution in [0.25, 0.3) is 11.1 Å². The van der Waals surface area contributed by atoms with Gasteiger partial charge >= 0.3 is 17.9 Å². The van der Waals surface area contributed by atoms with Crippen molar-refractivity contribution in [2.24, 2.45) is 11.8 Å². The molecule has 0 aliphatic carbocycles. The molecule has 0 saturated heterocycles. The molecule has 0 bridgehead atoms. The number of aromatic nitrogens is 1. The first-order chi connectivity index (χ1) is 14.0. The zero-order valence-corrected chi connectivity index (χ0v) is 17.5. The standard InChI is InChI=1S/C20H25NO7S/c1-4-25-17(22)11-13(18(23)26-5-2)14(19(24)27-6-3)12-29-20-21-15-9-7-8-10-16(15)28-20/h7-10,13-14H,4-6,11-12H2,1-3H3. The van der Waals surface area contributed by atoms with E-state index in [0.29, 0.717) is 16.3 Å². The van der Waals surface area contributed by atoms with Gasteiger partial charge in [0.15, 0.2) is 5.58 Å². The second kappa shape index (κ2) is 11.5. The predicted octanol–water partition coefficient (Wildman–Crippen LogP) is 3.23. The van der Waals surface area contributed by atoms with E-state index in [9.17, 15) is 14.4 Å². The highest BCUT2D eigenvalue weighted by Crippen LogP contribution is 2.30. The number of rotatable bonds is 11. The first kappa shape index (κ1) is 22.7. The largest absolute Gasteiger partial charge is 0.466 e. The maximum Gasteiger partial charge on any atom is 0.310 e. The number of hydrogen-bond donors (Lipinski definition) is 0. The van der Waals surface area contributed by atoms with Crippen LogP contribution in [-0.2, 0) is 28.6 Å². The summed E-state index contributed by atoms with van der Waals surface area (Å²) in [6, 6.07) is 7.28. The molecule has 29 heavy (non-hydrogen) atoms. The lowest BCUT2D eigenvalue weighted by Crippen LogP contribution is -2.36. The van der Waals surface area contributed by atoms with Gasteiger partial charge in [-0.2, -0.15) is 0 Å². The Morgan fingerprint density at radius 2 is 1.59 bits per heavy atom. The zero-order valence-electron chi connectivity index (χ0n) is 16.7. The first-order valence-corrected chi connectivity index (χ1v) is 10.5. The number of para-hydroxylation sites is 2. The lowest BCUT2D eigenvalue weighted by atomic mass is 9.90. The van der Waals surface area contributed by atoms with Gasteiger partial charge < -0.3 is 18.6 Å². The normalized spacial score (nSPS) is 12.9. The smallest absolute Gasteiger partial charge is 0.310 e. The summed E-state index contributed by atoms with van der Waals surface area (Å²) < 4.78 is 20.8. The number of esters is 3. The minimum Gasteiger partial charge on any atom is -0.466 e. The molecular formula is C20H25NO7S. The van der Waals surface area contributed by atoms with Gasteiger partial charge in [-0.1, -0.05) is 23.9 Å². The van der Waals surface area contributed by atoms with Gasteiger partial charge in [0.2, 0.25) is 0 Å². The monoisotopic (exact) mass is 423 g/mol. The van der Waals surface area contributed by atoms with Crippen molar-refractivity contribution in [2.45, 2.75) is 32.4 Å². The van der Waals surface area contributed by atoms with Gasteiger partial charge in [0, 0.05) is 5.75 Å². The first-order valence-electron chi connectivity index (χ1n) is 9.47. The van der Waals surface area contributed by atoms with E-state index in [-0.39, 0.29) is 32.0 Å². The summed E-state index contributed by atoms with van der Waals surface area (Å²) in [5, 5.41) is 0.360. The summed E-state index contributed by atoms with van der Waals surface area (Å²) in [5.74, 6) is -3.61. The number of carbonyl (C=O) groups is 3. The van der Waals surface area contributed by atoms with Crippen molar-refractivity contribution in [3.63, 3.8) is 0 Å². The molecule has 2 aromatic rings. The van der Waals surface area contributed by atoms with Crippen LogP contribution in [0.1, 0.15) is 27.2 Å². The van der Waals surface area contributed by atoms with Crippen LogP contribution in [0.2, 0.25) is 0 Å². The van der Waals surface area contributed by atoms with E-state index in [1.54, 1.807) is 26.8 Å². The summed E-state index contributed by atoms with van der Waals surface area (Å²) in [4.78, 5) is 41.5. The van der Waals surface area contributed by atoms with Crippen LogP contribution in [0.15, 0.2) is 33.9 Å². The highest BCUT2D eigenvalue weighted by atomic mass is 32.2. The second-order valence-electron chi connectivity index (χ2n) is 5.98. The molecule has 0 aliphatic rings. The molecule has 0 spiro atoms. The van der Waals surface area contributed by atoms with Crippen molar-refractivity contribution in [1.82, 2.24) is 4.98 Å². The van der Waals surface area contributed by atoms with Gasteiger partial charge in [-0.15, -0.1) is 0 Å². The summed E-state index contributed by atoms with van der Waals surface area (Å²) in [7, 11) is 0. The Labute approximate surface area is 173 Å². The van der Waals surface area contributed by atoms with Crippen molar-refractivity contribution in [2.75, 3.05) is 25.6 Å². The molecule has 0 saturated carbocycles. The van der Waals surface area contributed by atoms with E-state index in [1.165, 1.54) is 11.8 Å². The Hall–Kier alpha value is -2.55. The van der Waals surface area contributed by atoms with Crippen molar-refractivity contribution in [1.29, 1.82) is 0 Å². The fraction of sp³-hybridized carbons (Fsp3) is 0.500. The fourth-order valence-corrected chi connectivity index (χ4v) is 3.71. The van der Waals surface area contributed by atoms with Gasteiger partial charge in [0.1, 0.15) is 5.52 Å². The Balaban J connectivity index is 2.22. The summed E-state index contributed by atoms with van der Waals surface area (Å²) in [5.41, 5.74) is 1.31. The summed E-state index contributed by atoms with van der Waals surface area (Å²) >= 11 is 1.17. The topological polar surface area (TPSA) is 105 Å². The van der Waals surface area contributed by atoms with Crippen LogP contribution < -0.4 is 0 Å². The molecule has 2 atom stereocenters. The minimum atomic E-state index is -1.02. The third-order valence-electron chi connectivity index (χ3n) is 4.02. The number of benzene rings is 1. The van der Waals surface area contributed by atoms with E-state index in [2.05, 4.69) is 4.98 Å². The van der Waals surface area contributed by atoms with Crippen molar-refractivity contribution < 1.29 is 33.0 Å². The van der Waals surface area contributed by atoms with Gasteiger partial charge in [-0.25, -0.2) is 4.98 Å². The molecule has 2 rings (SSSR count). The zero-order chi connectivity index (χ0) is 21.2. The average Bonchev–Trinajstić information content (AvgIpc) is 3.10. The predicted molar refractivity (Wildman–Crippen MR) is 106 cm³/mol. The van der Waals surface area contributed by atoms with Crippen LogP contribution in [0.3, 0.4) is 0 Å². The molecule has 9 heteroatoms. The molecule has 1 aromatic carbocycles. The molecule has 0 aliphatic heterocycles. The number of thioether (sulfide) groups is 1. The quantitative estimate of drug-likeness (QED) is 0.306. The molecule has 0 fully saturated rings. The van der Waals surface area contributed by atoms with E-state index >= 15 is 0 Å². The van der Waals surface area contributed by atoms with Crippen molar-refractivity contribution in [3.8, 4) is 0 Å². The number of carbonyl (C=O) groups excluding carboxylic acids is 3. The SMILES string of the molecule is CCOC(=O)CC(C(=O)OCC)C(CSc1nc2ccccc2o1)C(=O)OCC. The van der Waals surface area contributed by atoms with Gasteiger partial charge in [0.25, 0.3) is 5.22 Å². The van der Waals surface area contributed by atoms with Gasteiger partial charge in [0.05, 0.1) is 38.1 Å². The Morgan fingerprint density at radius 3 is 2.21 bits per heavy atom. The number of nitrogens with zero attached hydrogens (tertiary/aromatic N) is 1. The van der Waals surface area contributed by atoms with E-state index < -0.39 is 29.7 Å². The Kier molecular flexibility index (Phi) is 8.98. The molecule has 2 unspecified atom stereocenters. The fourth-order valence-electron chi connectivity index (χ4n) is 2.71. The maximum absolute atomic E-state index is 12.6. The third-order valence-corrected chi connectivity index (χ3v) is 4.96. The molecule has 0 N–H and O–H groups in total. The summed E-state index contributed by atoms with van der Waals surface area (Å²) in [6.45, 7) is 5.46. The highest BCUT2D eigenvalue weighted by Gasteiger charge is 2.38. The average molecular weight is 423 g/mol. The lowest BCUT2D eigenvalue weighted by molar-refractivity contribution is -0.163. The van der Waals surface area contributed by atoms with Crippen LogP contribution in [0.4, 0.5) is 0 Å². The van der Waals surface area contributed by atoms with Crippen LogP contribution in [0, 0.1) is 11.8 Å². The number of ether oxygens (including phenoxy) is 3. The molecule has 158 valence electrons. The number of oxazole rings is 1. The highest BCUT2D eigenvalue weighted by molar-refractivity contribution is 7.99. The van der Waals surface area contributed by atoms with Crippen molar-refractivity contribution in [3.05, 3.63) is 24.3 Å². The molecule has 0 radical (unpaired) electrons. The number of hydrogen-bond acceptors (Lipinski definition) is 9.